The summed E-state index contributed by atoms with van der Waals surface area (Å²) in [4.78, 5) is 8.53. The van der Waals surface area contributed by atoms with Crippen molar-refractivity contribution in [2.45, 2.75) is 32.3 Å². The molecule has 1 aromatic rings. The number of ether oxygens (including phenoxy) is 2. The summed E-state index contributed by atoms with van der Waals surface area (Å²) in [5.74, 6) is 0.828. The topological polar surface area (TPSA) is 67.8 Å². The molecule has 24 heavy (non-hydrogen) atoms. The molecule has 7 heteroatoms. The fraction of sp³-hybridized carbons (Fsp3) is 0.647. The van der Waals surface area contributed by atoms with Crippen molar-refractivity contribution >= 4 is 29.9 Å². The smallest absolute Gasteiger partial charge is 0.190 e. The van der Waals surface area contributed by atoms with Crippen molar-refractivity contribution in [1.29, 1.82) is 0 Å². The lowest BCUT2D eigenvalue weighted by atomic mass is 10.2. The average Bonchev–Trinajstić information content (AvgIpc) is 3.08. The van der Waals surface area contributed by atoms with Crippen LogP contribution in [0.4, 0.5) is 0 Å². The molecule has 136 valence electrons. The third kappa shape index (κ3) is 8.25. The largest absolute Gasteiger partial charge is 0.379 e. The van der Waals surface area contributed by atoms with E-state index < -0.39 is 0 Å². The molecule has 0 saturated carbocycles. The molecule has 2 N–H and O–H groups in total. The molecule has 1 aliphatic rings. The first-order valence-electron chi connectivity index (χ1n) is 8.33. The fourth-order valence-corrected chi connectivity index (χ4v) is 2.37. The Morgan fingerprint density at radius 1 is 1.38 bits per heavy atom. The van der Waals surface area contributed by atoms with E-state index in [4.69, 9.17) is 9.47 Å². The van der Waals surface area contributed by atoms with Gasteiger partial charge in [-0.15, -0.1) is 24.0 Å². The van der Waals surface area contributed by atoms with E-state index in [-0.39, 0.29) is 30.1 Å². The summed E-state index contributed by atoms with van der Waals surface area (Å²) in [5.41, 5.74) is 2.27. The first-order chi connectivity index (χ1) is 11.3. The minimum atomic E-state index is 0. The van der Waals surface area contributed by atoms with Crippen molar-refractivity contribution in [2.75, 3.05) is 40.0 Å². The number of aryl methyl sites for hydroxylation is 1. The zero-order chi connectivity index (χ0) is 16.3. The minimum absolute atomic E-state index is 0. The maximum absolute atomic E-state index is 5.73. The molecule has 1 atom stereocenters. The summed E-state index contributed by atoms with van der Waals surface area (Å²) < 4.78 is 11.0. The second kappa shape index (κ2) is 12.4. The van der Waals surface area contributed by atoms with E-state index in [0.29, 0.717) is 0 Å². The molecular weight excluding hydrogens is 419 g/mol. The lowest BCUT2D eigenvalue weighted by Crippen LogP contribution is -2.39. The van der Waals surface area contributed by atoms with E-state index in [1.807, 2.05) is 19.2 Å². The van der Waals surface area contributed by atoms with Crippen LogP contribution in [0.3, 0.4) is 0 Å². The maximum Gasteiger partial charge on any atom is 0.190 e. The third-order valence-corrected chi connectivity index (χ3v) is 3.76. The van der Waals surface area contributed by atoms with E-state index in [9.17, 15) is 0 Å². The van der Waals surface area contributed by atoms with Crippen LogP contribution in [-0.2, 0) is 15.9 Å². The lowest BCUT2D eigenvalue weighted by Gasteiger charge is -2.13. The Bertz CT molecular complexity index is 476. The summed E-state index contributed by atoms with van der Waals surface area (Å²) in [6, 6.07) is 4.15. The number of nitrogens with zero attached hydrogens (tertiary/aromatic N) is 2. The Labute approximate surface area is 161 Å². The van der Waals surface area contributed by atoms with Crippen LogP contribution in [0.15, 0.2) is 23.3 Å². The molecule has 6 nitrogen and oxygen atoms in total. The van der Waals surface area contributed by atoms with Gasteiger partial charge in [0.15, 0.2) is 5.96 Å². The van der Waals surface area contributed by atoms with Crippen LogP contribution in [0.2, 0.25) is 0 Å². The first kappa shape index (κ1) is 21.1. The Morgan fingerprint density at radius 3 is 2.88 bits per heavy atom. The van der Waals surface area contributed by atoms with Crippen LogP contribution >= 0.6 is 24.0 Å². The number of nitrogens with one attached hydrogen (secondary N) is 2. The maximum atomic E-state index is 5.73. The van der Waals surface area contributed by atoms with Crippen molar-refractivity contribution in [3.8, 4) is 0 Å². The van der Waals surface area contributed by atoms with E-state index in [1.165, 1.54) is 5.56 Å². The highest BCUT2D eigenvalue weighted by Crippen LogP contribution is 2.07. The highest BCUT2D eigenvalue weighted by atomic mass is 127. The van der Waals surface area contributed by atoms with Crippen molar-refractivity contribution in [3.05, 3.63) is 29.6 Å². The normalized spacial score (nSPS) is 17.4. The molecule has 0 aromatic carbocycles. The molecule has 1 fully saturated rings. The Kier molecular flexibility index (Phi) is 10.9. The predicted octanol–water partition coefficient (Wildman–Crippen LogP) is 1.91. The lowest BCUT2D eigenvalue weighted by molar-refractivity contribution is 0.0420. The Balaban J connectivity index is 0.00000288. The Morgan fingerprint density at radius 2 is 2.21 bits per heavy atom. The van der Waals surface area contributed by atoms with Gasteiger partial charge in [0.2, 0.25) is 0 Å². The van der Waals surface area contributed by atoms with E-state index in [1.54, 1.807) is 7.05 Å². The molecule has 2 rings (SSSR count). The zero-order valence-electron chi connectivity index (χ0n) is 14.6. The van der Waals surface area contributed by atoms with Crippen molar-refractivity contribution in [1.82, 2.24) is 15.6 Å². The summed E-state index contributed by atoms with van der Waals surface area (Å²) in [5, 5.41) is 6.62. The molecule has 0 bridgehead atoms. The molecule has 0 radical (unpaired) electrons. The molecule has 1 aliphatic heterocycles. The van der Waals surface area contributed by atoms with E-state index >= 15 is 0 Å². The van der Waals surface area contributed by atoms with Gasteiger partial charge in [-0.05, 0) is 37.8 Å². The number of rotatable bonds is 8. The van der Waals surface area contributed by atoms with Crippen molar-refractivity contribution < 1.29 is 9.47 Å². The van der Waals surface area contributed by atoms with Gasteiger partial charge in [0.25, 0.3) is 0 Å². The van der Waals surface area contributed by atoms with Gasteiger partial charge < -0.3 is 20.1 Å². The quantitative estimate of drug-likeness (QED) is 0.275. The number of aliphatic imine (C=N–C) groups is 1. The number of halogens is 1. The summed E-state index contributed by atoms with van der Waals surface area (Å²) in [6.07, 6.45) is 5.12. The molecule has 1 aromatic heterocycles. The standard InChI is InChI=1S/C17H28N4O2.HI/c1-14-4-5-15(12-21-14)6-9-20-17(18-2)19-8-3-10-23-16-7-11-22-13-16;/h4-5,12,16H,3,6-11,13H2,1-2H3,(H2,18,19,20);1H. The predicted molar refractivity (Wildman–Crippen MR) is 107 cm³/mol. The van der Waals surface area contributed by atoms with Crippen LogP contribution in [0.1, 0.15) is 24.1 Å². The molecule has 0 aliphatic carbocycles. The van der Waals surface area contributed by atoms with Gasteiger partial charge in [0.1, 0.15) is 0 Å². The second-order valence-electron chi connectivity index (χ2n) is 5.69. The Hall–Kier alpha value is -0.930. The van der Waals surface area contributed by atoms with Crippen LogP contribution in [0, 0.1) is 6.92 Å². The van der Waals surface area contributed by atoms with Crippen molar-refractivity contribution in [3.63, 3.8) is 0 Å². The van der Waals surface area contributed by atoms with Gasteiger partial charge >= 0.3 is 0 Å². The van der Waals surface area contributed by atoms with Gasteiger partial charge in [0.05, 0.1) is 12.7 Å². The SMILES string of the molecule is CN=C(NCCCOC1CCOC1)NCCc1ccc(C)nc1.I. The number of guanidine groups is 1. The van der Waals surface area contributed by atoms with E-state index in [0.717, 1.165) is 63.8 Å². The zero-order valence-corrected chi connectivity index (χ0v) is 16.9. The van der Waals surface area contributed by atoms with Crippen LogP contribution in [0.5, 0.6) is 0 Å². The van der Waals surface area contributed by atoms with Gasteiger partial charge in [-0.3, -0.25) is 9.98 Å². The molecular formula is C17H29IN4O2. The highest BCUT2D eigenvalue weighted by molar-refractivity contribution is 14.0. The number of hydrogen-bond acceptors (Lipinski definition) is 4. The van der Waals surface area contributed by atoms with Crippen LogP contribution < -0.4 is 10.6 Å². The van der Waals surface area contributed by atoms with Crippen molar-refractivity contribution in [2.24, 2.45) is 4.99 Å². The fourth-order valence-electron chi connectivity index (χ4n) is 2.37. The summed E-state index contributed by atoms with van der Waals surface area (Å²) in [6.45, 7) is 6.00. The van der Waals surface area contributed by atoms with E-state index in [2.05, 4.69) is 26.7 Å². The highest BCUT2D eigenvalue weighted by Gasteiger charge is 2.15. The summed E-state index contributed by atoms with van der Waals surface area (Å²) in [7, 11) is 1.79. The number of aromatic nitrogens is 1. The number of hydrogen-bond donors (Lipinski definition) is 2. The average molecular weight is 448 g/mol. The van der Waals surface area contributed by atoms with Crippen LogP contribution in [0.25, 0.3) is 0 Å². The summed E-state index contributed by atoms with van der Waals surface area (Å²) >= 11 is 0. The molecule has 0 spiro atoms. The molecule has 0 amide bonds. The van der Waals surface area contributed by atoms with Crippen LogP contribution in [-0.4, -0.2) is 57.0 Å². The third-order valence-electron chi connectivity index (χ3n) is 3.76. The minimum Gasteiger partial charge on any atom is -0.379 e. The monoisotopic (exact) mass is 448 g/mol. The first-order valence-corrected chi connectivity index (χ1v) is 8.33. The van der Waals surface area contributed by atoms with Gasteiger partial charge in [-0.2, -0.15) is 0 Å². The molecule has 1 saturated heterocycles. The molecule has 1 unspecified atom stereocenters. The van der Waals surface area contributed by atoms with Gasteiger partial charge in [-0.25, -0.2) is 0 Å². The molecule has 2 heterocycles. The van der Waals surface area contributed by atoms with Gasteiger partial charge in [0, 0.05) is 45.2 Å². The second-order valence-corrected chi connectivity index (χ2v) is 5.69. The number of pyridine rings is 1. The van der Waals surface area contributed by atoms with Gasteiger partial charge in [-0.1, -0.05) is 6.07 Å².